The highest BCUT2D eigenvalue weighted by atomic mass is 28.4. The first-order chi connectivity index (χ1) is 15.5. The predicted octanol–water partition coefficient (Wildman–Crippen LogP) is 3.87. The zero-order valence-electron chi connectivity index (χ0n) is 20.8. The van der Waals surface area contributed by atoms with Crippen molar-refractivity contribution in [1.29, 1.82) is 0 Å². The first kappa shape index (κ1) is 25.5. The molecule has 0 bridgehead atoms. The molecule has 2 heterocycles. The largest absolute Gasteiger partial charge is 0.486 e. The third kappa shape index (κ3) is 5.04. The Labute approximate surface area is 197 Å². The zero-order valence-corrected chi connectivity index (χ0v) is 21.8. The van der Waals surface area contributed by atoms with Gasteiger partial charge in [0.2, 0.25) is 14.0 Å². The van der Waals surface area contributed by atoms with Gasteiger partial charge >= 0.3 is 0 Å². The van der Waals surface area contributed by atoms with Crippen LogP contribution in [0.15, 0.2) is 24.0 Å². The van der Waals surface area contributed by atoms with Gasteiger partial charge in [0.25, 0.3) is 5.91 Å². The number of rotatable bonds is 9. The van der Waals surface area contributed by atoms with Gasteiger partial charge in [0, 0.05) is 24.1 Å². The minimum Gasteiger partial charge on any atom is -0.486 e. The van der Waals surface area contributed by atoms with Crippen LogP contribution >= 0.6 is 0 Å². The molecule has 33 heavy (non-hydrogen) atoms. The smallest absolute Gasteiger partial charge is 0.260 e. The van der Waals surface area contributed by atoms with E-state index >= 15 is 0 Å². The summed E-state index contributed by atoms with van der Waals surface area (Å²) in [5.74, 6) is -0.198. The summed E-state index contributed by atoms with van der Waals surface area (Å²) in [4.78, 5) is 32.4. The lowest BCUT2D eigenvalue weighted by molar-refractivity contribution is -0.747. The normalized spacial score (nSPS) is 23.4. The van der Waals surface area contributed by atoms with Crippen LogP contribution in [0.4, 0.5) is 0 Å². The van der Waals surface area contributed by atoms with Crippen LogP contribution in [-0.4, -0.2) is 67.4 Å². The van der Waals surface area contributed by atoms with Gasteiger partial charge in [-0.3, -0.25) is 14.8 Å². The molecule has 1 atom stereocenters. The molecule has 1 saturated heterocycles. The Balaban J connectivity index is 1.72. The van der Waals surface area contributed by atoms with E-state index in [4.69, 9.17) is 14.0 Å². The standard InChI is InChI=1S/C24H38N2O6Si/c1-17(2)33(18(3)4,19(5)6)31-15-20-14-24(32-26(20)29)10-9-21(27)13-22(24)30-16-23(28)25-11-7-8-12-25/h9-10,13,17-19H,7-8,11-12,14-16H2,1-6H3/t24-/m1/s1. The fraction of sp³-hybridized carbons (Fsp3) is 0.708. The minimum absolute atomic E-state index is 0.128. The Kier molecular flexibility index (Phi) is 7.73. The van der Waals surface area contributed by atoms with Gasteiger partial charge in [-0.2, -0.15) is 0 Å². The van der Waals surface area contributed by atoms with Gasteiger partial charge in [0.05, 0.1) is 6.42 Å². The van der Waals surface area contributed by atoms with Gasteiger partial charge in [-0.05, 0) is 35.5 Å². The average molecular weight is 479 g/mol. The number of ether oxygens (including phenoxy) is 1. The van der Waals surface area contributed by atoms with Crippen LogP contribution in [0.1, 0.15) is 60.8 Å². The number of amides is 1. The topological polar surface area (TPSA) is 91.1 Å². The van der Waals surface area contributed by atoms with Crippen LogP contribution in [0.5, 0.6) is 0 Å². The molecule has 3 rings (SSSR count). The molecule has 1 aliphatic carbocycles. The van der Waals surface area contributed by atoms with Crippen LogP contribution in [0.3, 0.4) is 0 Å². The van der Waals surface area contributed by atoms with Gasteiger partial charge in [0.1, 0.15) is 12.4 Å². The van der Waals surface area contributed by atoms with E-state index in [-0.39, 0.29) is 37.1 Å². The molecule has 0 saturated carbocycles. The second kappa shape index (κ2) is 10.0. The monoisotopic (exact) mass is 478 g/mol. The van der Waals surface area contributed by atoms with E-state index in [1.54, 1.807) is 11.0 Å². The number of hydrogen-bond acceptors (Lipinski definition) is 6. The summed E-state index contributed by atoms with van der Waals surface area (Å²) < 4.78 is 12.4. The van der Waals surface area contributed by atoms with Crippen LogP contribution in [0, 0.1) is 5.21 Å². The number of carbonyl (C=O) groups is 2. The van der Waals surface area contributed by atoms with E-state index in [0.29, 0.717) is 27.2 Å². The summed E-state index contributed by atoms with van der Waals surface area (Å²) >= 11 is 0. The molecule has 3 aliphatic rings. The van der Waals surface area contributed by atoms with Crippen LogP contribution < -0.4 is 0 Å². The van der Waals surface area contributed by atoms with Crippen molar-refractivity contribution in [3.8, 4) is 0 Å². The molecular weight excluding hydrogens is 440 g/mol. The molecule has 0 N–H and O–H groups in total. The van der Waals surface area contributed by atoms with Crippen molar-refractivity contribution < 1.29 is 28.5 Å². The number of ketones is 1. The molecule has 0 unspecified atom stereocenters. The van der Waals surface area contributed by atoms with Gasteiger partial charge in [-0.25, -0.2) is 0 Å². The average Bonchev–Trinajstić information content (AvgIpc) is 3.37. The van der Waals surface area contributed by atoms with E-state index in [2.05, 4.69) is 41.5 Å². The highest BCUT2D eigenvalue weighted by molar-refractivity contribution is 6.77. The fourth-order valence-corrected chi connectivity index (χ4v) is 11.0. The molecule has 8 nitrogen and oxygen atoms in total. The van der Waals surface area contributed by atoms with Crippen LogP contribution in [0.25, 0.3) is 0 Å². The van der Waals surface area contributed by atoms with Crippen molar-refractivity contribution in [2.45, 2.75) is 83.0 Å². The second-order valence-electron chi connectivity index (χ2n) is 10.2. The molecule has 1 fully saturated rings. The Bertz CT molecular complexity index is 835. The summed E-state index contributed by atoms with van der Waals surface area (Å²) in [6.45, 7) is 14.6. The maximum atomic E-state index is 12.8. The van der Waals surface area contributed by atoms with E-state index in [1.807, 2.05) is 0 Å². The molecule has 0 aromatic heterocycles. The van der Waals surface area contributed by atoms with Gasteiger partial charge < -0.3 is 18.9 Å². The van der Waals surface area contributed by atoms with Crippen LogP contribution in [-0.2, 0) is 23.6 Å². The number of hydrogen-bond donors (Lipinski definition) is 0. The molecule has 9 heteroatoms. The molecule has 1 amide bonds. The maximum absolute atomic E-state index is 12.8. The van der Waals surface area contributed by atoms with E-state index in [0.717, 1.165) is 25.9 Å². The number of likely N-dealkylation sites (tertiary alicyclic amines) is 1. The van der Waals surface area contributed by atoms with Crippen molar-refractivity contribution >= 4 is 25.7 Å². The van der Waals surface area contributed by atoms with Gasteiger partial charge in [0.15, 0.2) is 18.0 Å². The highest BCUT2D eigenvalue weighted by Crippen LogP contribution is 2.43. The quantitative estimate of drug-likeness (QED) is 0.369. The summed E-state index contributed by atoms with van der Waals surface area (Å²) in [7, 11) is -2.17. The molecule has 2 aliphatic heterocycles. The lowest BCUT2D eigenvalue weighted by atomic mass is 9.90. The third-order valence-corrected chi connectivity index (χ3v) is 13.2. The molecule has 0 aromatic rings. The number of carbonyl (C=O) groups excluding carboxylic acids is 2. The summed E-state index contributed by atoms with van der Waals surface area (Å²) in [5.41, 5.74) is 0.386. The highest BCUT2D eigenvalue weighted by Gasteiger charge is 2.49. The van der Waals surface area contributed by atoms with E-state index in [1.165, 1.54) is 12.2 Å². The van der Waals surface area contributed by atoms with E-state index in [9.17, 15) is 14.8 Å². The molecule has 0 aromatic carbocycles. The first-order valence-electron chi connectivity index (χ1n) is 12.0. The van der Waals surface area contributed by atoms with Crippen LogP contribution in [0.2, 0.25) is 16.6 Å². The van der Waals surface area contributed by atoms with Crippen molar-refractivity contribution in [2.24, 2.45) is 0 Å². The minimum atomic E-state index is -2.17. The van der Waals surface area contributed by atoms with Crippen molar-refractivity contribution in [2.75, 3.05) is 26.3 Å². The summed E-state index contributed by atoms with van der Waals surface area (Å²) in [5, 5.41) is 12.8. The SMILES string of the molecule is CC(C)[Si](OCC1=[N+]([O-])O[C@]2(C=CC(=O)C=C2OCC(=O)N2CCCC2)C1)(C(C)C)C(C)C. The molecule has 184 valence electrons. The molecule has 1 spiro atoms. The fourth-order valence-electron chi connectivity index (χ4n) is 5.61. The summed E-state index contributed by atoms with van der Waals surface area (Å²) in [6, 6.07) is 0. The lowest BCUT2D eigenvalue weighted by Crippen LogP contribution is -2.49. The zero-order chi connectivity index (χ0) is 24.4. The Hall–Kier alpha value is -2.13. The Morgan fingerprint density at radius 3 is 2.36 bits per heavy atom. The first-order valence-corrected chi connectivity index (χ1v) is 14.2. The van der Waals surface area contributed by atoms with E-state index < -0.39 is 13.9 Å². The Morgan fingerprint density at radius 2 is 1.79 bits per heavy atom. The van der Waals surface area contributed by atoms with Gasteiger partial charge in [-0.1, -0.05) is 47.6 Å². The predicted molar refractivity (Wildman–Crippen MR) is 128 cm³/mol. The number of nitrogens with zero attached hydrogens (tertiary/aromatic N) is 2. The maximum Gasteiger partial charge on any atom is 0.260 e. The van der Waals surface area contributed by atoms with Crippen molar-refractivity contribution in [1.82, 2.24) is 4.90 Å². The third-order valence-electron chi connectivity index (χ3n) is 7.18. The van der Waals surface area contributed by atoms with Crippen molar-refractivity contribution in [3.63, 3.8) is 0 Å². The number of allylic oxidation sites excluding steroid dienone is 2. The lowest BCUT2D eigenvalue weighted by Gasteiger charge is -2.41. The molecule has 0 radical (unpaired) electrons. The van der Waals surface area contributed by atoms with Crippen molar-refractivity contribution in [3.05, 3.63) is 29.2 Å². The Morgan fingerprint density at radius 1 is 1.18 bits per heavy atom. The van der Waals surface area contributed by atoms with Gasteiger partial charge in [-0.15, -0.1) is 0 Å². The molecular formula is C24H38N2O6Si. The second-order valence-corrected chi connectivity index (χ2v) is 15.7. The summed E-state index contributed by atoms with van der Waals surface area (Å²) in [6.07, 6.45) is 6.43.